The molecule has 0 atom stereocenters. The highest BCUT2D eigenvalue weighted by molar-refractivity contribution is 4.70. The lowest BCUT2D eigenvalue weighted by atomic mass is 10.3. The second-order valence-electron chi connectivity index (χ2n) is 6.03. The quantitative estimate of drug-likeness (QED) is 0.332. The first kappa shape index (κ1) is 19.8. The minimum absolute atomic E-state index is 0.0303. The fourth-order valence-corrected chi connectivity index (χ4v) is 1.38. The molecule has 20 heavy (non-hydrogen) atoms. The van der Waals surface area contributed by atoms with Gasteiger partial charge in [0.05, 0.1) is 24.4 Å². The van der Waals surface area contributed by atoms with E-state index < -0.39 is 5.79 Å². The molecule has 0 aliphatic rings. The zero-order chi connectivity index (χ0) is 15.8. The average molecular weight is 292 g/mol. The maximum Gasteiger partial charge on any atom is 0.249 e. The predicted molar refractivity (Wildman–Crippen MR) is 78.4 cm³/mol. The van der Waals surface area contributed by atoms with Crippen molar-refractivity contribution < 1.29 is 24.0 Å². The van der Waals surface area contributed by atoms with Gasteiger partial charge < -0.3 is 14.2 Å². The Balaban J connectivity index is 4.84. The van der Waals surface area contributed by atoms with Crippen molar-refractivity contribution in [2.24, 2.45) is 0 Å². The molecule has 0 saturated heterocycles. The zero-order valence-electron chi connectivity index (χ0n) is 14.3. The summed E-state index contributed by atoms with van der Waals surface area (Å²) in [6.07, 6.45) is 0.0548. The monoisotopic (exact) mass is 292 g/mol. The molecule has 0 N–H and O–H groups in total. The summed E-state index contributed by atoms with van der Waals surface area (Å²) >= 11 is 0. The third-order valence-electron chi connectivity index (χ3n) is 2.12. The highest BCUT2D eigenvalue weighted by Crippen LogP contribution is 2.20. The van der Waals surface area contributed by atoms with E-state index in [-0.39, 0.29) is 37.6 Å². The van der Waals surface area contributed by atoms with Gasteiger partial charge in [-0.3, -0.25) is 0 Å². The van der Waals surface area contributed by atoms with Crippen molar-refractivity contribution in [2.45, 2.75) is 85.6 Å². The Bertz CT molecular complexity index is 207. The van der Waals surface area contributed by atoms with Crippen LogP contribution >= 0.6 is 0 Å². The summed E-state index contributed by atoms with van der Waals surface area (Å²) in [5.74, 6) is -1.05. The molecule has 0 aromatic heterocycles. The summed E-state index contributed by atoms with van der Waals surface area (Å²) in [6, 6.07) is 0. The van der Waals surface area contributed by atoms with Crippen LogP contribution in [0.2, 0.25) is 0 Å². The minimum atomic E-state index is -1.05. The molecule has 122 valence electrons. The van der Waals surface area contributed by atoms with Crippen molar-refractivity contribution in [3.05, 3.63) is 0 Å². The van der Waals surface area contributed by atoms with E-state index in [9.17, 15) is 0 Å². The molecule has 0 aliphatic carbocycles. The fraction of sp³-hybridized carbons (Fsp3) is 1.00. The van der Waals surface area contributed by atoms with E-state index in [1.807, 2.05) is 55.4 Å². The molecule has 0 rings (SSSR count). The summed E-state index contributed by atoms with van der Waals surface area (Å²) in [7, 11) is 0. The van der Waals surface area contributed by atoms with Gasteiger partial charge in [-0.15, -0.1) is 0 Å². The van der Waals surface area contributed by atoms with Crippen molar-refractivity contribution >= 4 is 0 Å². The van der Waals surface area contributed by atoms with Gasteiger partial charge in [-0.1, -0.05) is 0 Å². The molecule has 0 aliphatic heterocycles. The second kappa shape index (κ2) is 9.68. The normalized spacial score (nSPS) is 13.2. The number of ether oxygens (including phenoxy) is 3. The number of hydrogen-bond donors (Lipinski definition) is 0. The predicted octanol–water partition coefficient (Wildman–Crippen LogP) is 3.31. The molecule has 0 radical (unpaired) electrons. The van der Waals surface area contributed by atoms with Crippen molar-refractivity contribution in [3.8, 4) is 0 Å². The minimum Gasteiger partial charge on any atom is -0.373 e. The molecule has 0 heterocycles. The van der Waals surface area contributed by atoms with Crippen LogP contribution in [0.5, 0.6) is 0 Å². The van der Waals surface area contributed by atoms with E-state index in [0.717, 1.165) is 0 Å². The Morgan fingerprint density at radius 1 is 0.650 bits per heavy atom. The molecule has 5 heteroatoms. The van der Waals surface area contributed by atoms with E-state index in [1.54, 1.807) is 0 Å². The van der Waals surface area contributed by atoms with Crippen LogP contribution in [0.25, 0.3) is 0 Å². The first-order valence-corrected chi connectivity index (χ1v) is 7.42. The Morgan fingerprint density at radius 3 is 1.40 bits per heavy atom. The van der Waals surface area contributed by atoms with Gasteiger partial charge in [-0.2, -0.15) is 4.89 Å². The standard InChI is InChI=1S/C15H32O5/c1-11(2)16-9-15(18-13(5)6,10-17-12(3)4)20-19-14(7)8/h11-14H,9-10H2,1-8H3. The van der Waals surface area contributed by atoms with Crippen LogP contribution in [-0.2, 0) is 24.0 Å². The number of hydrogen-bond acceptors (Lipinski definition) is 5. The molecule has 0 aromatic rings. The van der Waals surface area contributed by atoms with Crippen LogP contribution in [0.4, 0.5) is 0 Å². The molecule has 0 spiro atoms. The third-order valence-corrected chi connectivity index (χ3v) is 2.12. The molecule has 0 aromatic carbocycles. The summed E-state index contributed by atoms with van der Waals surface area (Å²) in [5.41, 5.74) is 0. The zero-order valence-corrected chi connectivity index (χ0v) is 14.3. The van der Waals surface area contributed by atoms with E-state index in [4.69, 9.17) is 24.0 Å². The Morgan fingerprint density at radius 2 is 1.10 bits per heavy atom. The van der Waals surface area contributed by atoms with Gasteiger partial charge in [0.1, 0.15) is 13.2 Å². The van der Waals surface area contributed by atoms with Crippen molar-refractivity contribution in [1.29, 1.82) is 0 Å². The highest BCUT2D eigenvalue weighted by atomic mass is 17.2. The Hall–Kier alpha value is -0.200. The van der Waals surface area contributed by atoms with E-state index in [1.165, 1.54) is 0 Å². The lowest BCUT2D eigenvalue weighted by molar-refractivity contribution is -0.462. The summed E-state index contributed by atoms with van der Waals surface area (Å²) < 4.78 is 17.2. The van der Waals surface area contributed by atoms with Gasteiger partial charge in [0.25, 0.3) is 0 Å². The van der Waals surface area contributed by atoms with Gasteiger partial charge in [-0.25, -0.2) is 4.89 Å². The molecular weight excluding hydrogens is 260 g/mol. The highest BCUT2D eigenvalue weighted by Gasteiger charge is 2.37. The van der Waals surface area contributed by atoms with Gasteiger partial charge in [0, 0.05) is 0 Å². The average Bonchev–Trinajstić information content (AvgIpc) is 2.30. The SMILES string of the molecule is CC(C)OCC(COC(C)C)(OOC(C)C)OC(C)C. The Kier molecular flexibility index (Phi) is 9.59. The summed E-state index contributed by atoms with van der Waals surface area (Å²) in [6.45, 7) is 16.0. The van der Waals surface area contributed by atoms with E-state index in [0.29, 0.717) is 0 Å². The number of rotatable bonds is 11. The molecular formula is C15H32O5. The second-order valence-corrected chi connectivity index (χ2v) is 6.03. The molecule has 0 unspecified atom stereocenters. The van der Waals surface area contributed by atoms with Gasteiger partial charge in [-0.05, 0) is 55.4 Å². The molecule has 0 saturated carbocycles. The first-order chi connectivity index (χ1) is 9.17. The maximum absolute atomic E-state index is 5.89. The van der Waals surface area contributed by atoms with Crippen LogP contribution in [0.15, 0.2) is 0 Å². The van der Waals surface area contributed by atoms with Crippen LogP contribution in [0.1, 0.15) is 55.4 Å². The first-order valence-electron chi connectivity index (χ1n) is 7.42. The van der Waals surface area contributed by atoms with Gasteiger partial charge in [0.2, 0.25) is 5.79 Å². The lowest BCUT2D eigenvalue weighted by Gasteiger charge is -2.35. The van der Waals surface area contributed by atoms with Crippen molar-refractivity contribution in [3.63, 3.8) is 0 Å². The fourth-order valence-electron chi connectivity index (χ4n) is 1.38. The lowest BCUT2D eigenvalue weighted by Crippen LogP contribution is -2.48. The maximum atomic E-state index is 5.89. The van der Waals surface area contributed by atoms with Crippen LogP contribution < -0.4 is 0 Å². The van der Waals surface area contributed by atoms with Gasteiger partial charge in [0.15, 0.2) is 0 Å². The topological polar surface area (TPSA) is 46.2 Å². The third kappa shape index (κ3) is 9.66. The summed E-state index contributed by atoms with van der Waals surface area (Å²) in [4.78, 5) is 10.8. The van der Waals surface area contributed by atoms with Crippen LogP contribution in [-0.4, -0.2) is 43.4 Å². The largest absolute Gasteiger partial charge is 0.373 e. The van der Waals surface area contributed by atoms with Crippen LogP contribution in [0, 0.1) is 0 Å². The molecule has 0 fully saturated rings. The van der Waals surface area contributed by atoms with Crippen molar-refractivity contribution in [1.82, 2.24) is 0 Å². The van der Waals surface area contributed by atoms with E-state index >= 15 is 0 Å². The molecule has 5 nitrogen and oxygen atoms in total. The van der Waals surface area contributed by atoms with E-state index in [2.05, 4.69) is 0 Å². The molecule has 0 bridgehead atoms. The van der Waals surface area contributed by atoms with Crippen LogP contribution in [0.3, 0.4) is 0 Å². The smallest absolute Gasteiger partial charge is 0.249 e. The Labute approximate surface area is 123 Å². The summed E-state index contributed by atoms with van der Waals surface area (Å²) in [5, 5.41) is 0. The molecule has 0 amide bonds. The van der Waals surface area contributed by atoms with Crippen molar-refractivity contribution in [2.75, 3.05) is 13.2 Å². The van der Waals surface area contributed by atoms with Gasteiger partial charge >= 0.3 is 0 Å².